The molecule has 0 bridgehead atoms. The molecule has 1 amide bonds. The molecule has 5 heteroatoms. The minimum absolute atomic E-state index is 0.126. The number of carbonyl (C=O) groups is 3. The highest BCUT2D eigenvalue weighted by molar-refractivity contribution is 5.96. The molecule has 0 heterocycles. The van der Waals surface area contributed by atoms with E-state index in [1.54, 1.807) is 37.4 Å². The molecule has 1 aliphatic rings. The summed E-state index contributed by atoms with van der Waals surface area (Å²) in [5, 5.41) is 0. The third-order valence-electron chi connectivity index (χ3n) is 3.92. The van der Waals surface area contributed by atoms with E-state index in [-0.39, 0.29) is 17.7 Å². The number of carbonyl (C=O) groups excluding carboxylic acids is 3. The number of hydrogen-bond donors (Lipinski definition) is 0. The van der Waals surface area contributed by atoms with Crippen LogP contribution in [0.4, 0.5) is 0 Å². The Morgan fingerprint density at radius 1 is 1.26 bits per heavy atom. The Kier molecular flexibility index (Phi) is 5.68. The molecule has 1 aromatic carbocycles. The highest BCUT2D eigenvalue weighted by atomic mass is 16.5. The summed E-state index contributed by atoms with van der Waals surface area (Å²) in [4.78, 5) is 36.8. The number of nitrogens with zero attached hydrogens (tertiary/aromatic N) is 1. The van der Waals surface area contributed by atoms with Gasteiger partial charge in [0.15, 0.2) is 5.78 Å². The zero-order valence-corrected chi connectivity index (χ0v) is 13.5. The second-order valence-corrected chi connectivity index (χ2v) is 5.64. The van der Waals surface area contributed by atoms with Crippen LogP contribution in [0.1, 0.15) is 38.2 Å². The molecule has 0 aromatic heterocycles. The van der Waals surface area contributed by atoms with Gasteiger partial charge < -0.3 is 9.64 Å². The average molecular weight is 315 g/mol. The fraction of sp³-hybridized carbons (Fsp3) is 0.389. The van der Waals surface area contributed by atoms with E-state index in [0.717, 1.165) is 19.3 Å². The molecule has 5 nitrogen and oxygen atoms in total. The highest BCUT2D eigenvalue weighted by Crippen LogP contribution is 2.21. The molecular weight excluding hydrogens is 294 g/mol. The Hall–Kier alpha value is -2.43. The number of rotatable bonds is 4. The van der Waals surface area contributed by atoms with Gasteiger partial charge in [-0.15, -0.1) is 0 Å². The summed E-state index contributed by atoms with van der Waals surface area (Å²) < 4.78 is 5.10. The summed E-state index contributed by atoms with van der Waals surface area (Å²) in [7, 11) is 1.65. The third kappa shape index (κ3) is 4.52. The van der Waals surface area contributed by atoms with Gasteiger partial charge in [0.05, 0.1) is 6.04 Å². The van der Waals surface area contributed by atoms with Gasteiger partial charge in [-0.1, -0.05) is 24.6 Å². The quantitative estimate of drug-likeness (QED) is 0.487. The molecule has 2 rings (SSSR count). The fourth-order valence-electron chi connectivity index (χ4n) is 2.67. The van der Waals surface area contributed by atoms with Crippen LogP contribution in [-0.2, 0) is 14.4 Å². The minimum Gasteiger partial charge on any atom is -0.426 e. The largest absolute Gasteiger partial charge is 0.426 e. The Bertz CT molecular complexity index is 636. The molecular formula is C18H21NO4. The molecule has 0 radical (unpaired) electrons. The monoisotopic (exact) mass is 315 g/mol. The lowest BCUT2D eigenvalue weighted by Gasteiger charge is -2.29. The summed E-state index contributed by atoms with van der Waals surface area (Å²) in [6, 6.07) is 6.65. The van der Waals surface area contributed by atoms with Crippen molar-refractivity contribution in [1.29, 1.82) is 0 Å². The number of Topliss-reactive ketones (excluding diaryl/α,β-unsaturated/α-hetero) is 1. The van der Waals surface area contributed by atoms with Gasteiger partial charge in [0, 0.05) is 32.0 Å². The number of para-hydroxylation sites is 1. The minimum atomic E-state index is -0.415. The molecule has 1 atom stereocenters. The molecule has 0 saturated heterocycles. The van der Waals surface area contributed by atoms with Crippen molar-refractivity contribution < 1.29 is 19.1 Å². The number of benzene rings is 1. The molecule has 1 saturated carbocycles. The van der Waals surface area contributed by atoms with E-state index in [2.05, 4.69) is 0 Å². The Morgan fingerprint density at radius 2 is 2.00 bits per heavy atom. The van der Waals surface area contributed by atoms with Crippen molar-refractivity contribution in [2.45, 2.75) is 38.6 Å². The topological polar surface area (TPSA) is 63.7 Å². The van der Waals surface area contributed by atoms with Crippen molar-refractivity contribution >= 4 is 23.7 Å². The fourth-order valence-corrected chi connectivity index (χ4v) is 2.67. The first kappa shape index (κ1) is 16.9. The Morgan fingerprint density at radius 3 is 2.70 bits per heavy atom. The second kappa shape index (κ2) is 7.72. The summed E-state index contributed by atoms with van der Waals surface area (Å²) in [6.07, 6.45) is 6.14. The molecule has 122 valence electrons. The van der Waals surface area contributed by atoms with Crippen molar-refractivity contribution in [2.24, 2.45) is 0 Å². The lowest BCUT2D eigenvalue weighted by Crippen LogP contribution is -2.43. The molecule has 1 aromatic rings. The molecule has 0 aliphatic heterocycles. The average Bonchev–Trinajstić information content (AvgIpc) is 2.53. The van der Waals surface area contributed by atoms with Gasteiger partial charge in [-0.05, 0) is 25.0 Å². The van der Waals surface area contributed by atoms with E-state index in [9.17, 15) is 14.4 Å². The van der Waals surface area contributed by atoms with Crippen molar-refractivity contribution in [3.8, 4) is 5.75 Å². The second-order valence-electron chi connectivity index (χ2n) is 5.64. The lowest BCUT2D eigenvalue weighted by molar-refractivity contribution is -0.135. The SMILES string of the molecule is CC(=O)Oc1ccccc1/C=C/C(=O)N(C)C1CCCCC1=O. The smallest absolute Gasteiger partial charge is 0.308 e. The molecule has 23 heavy (non-hydrogen) atoms. The van der Waals surface area contributed by atoms with Crippen LogP contribution in [0.25, 0.3) is 6.08 Å². The van der Waals surface area contributed by atoms with E-state index in [0.29, 0.717) is 17.7 Å². The van der Waals surface area contributed by atoms with Crippen LogP contribution in [0.2, 0.25) is 0 Å². The van der Waals surface area contributed by atoms with E-state index in [4.69, 9.17) is 4.74 Å². The first-order valence-electron chi connectivity index (χ1n) is 7.74. The normalized spacial score (nSPS) is 18.0. The van der Waals surface area contributed by atoms with Gasteiger partial charge in [-0.3, -0.25) is 14.4 Å². The summed E-state index contributed by atoms with van der Waals surface area (Å²) in [5.41, 5.74) is 0.638. The maximum Gasteiger partial charge on any atom is 0.308 e. The number of likely N-dealkylation sites (N-methyl/N-ethyl adjacent to an activating group) is 1. The zero-order valence-electron chi connectivity index (χ0n) is 13.5. The predicted molar refractivity (Wildman–Crippen MR) is 86.8 cm³/mol. The molecule has 0 spiro atoms. The summed E-state index contributed by atoms with van der Waals surface area (Å²) >= 11 is 0. The number of ketones is 1. The van der Waals surface area contributed by atoms with Gasteiger partial charge in [-0.2, -0.15) is 0 Å². The van der Waals surface area contributed by atoms with E-state index >= 15 is 0 Å². The summed E-state index contributed by atoms with van der Waals surface area (Å²) in [6.45, 7) is 1.33. The zero-order chi connectivity index (χ0) is 16.8. The van der Waals surface area contributed by atoms with Crippen LogP contribution >= 0.6 is 0 Å². The van der Waals surface area contributed by atoms with Crippen molar-refractivity contribution in [2.75, 3.05) is 7.05 Å². The first-order chi connectivity index (χ1) is 11.0. The Balaban J connectivity index is 2.09. The standard InChI is InChI=1S/C18H21NO4/c1-13(20)23-17-10-6-3-7-14(17)11-12-18(22)19(2)15-8-4-5-9-16(15)21/h3,6-7,10-12,15H,4-5,8-9H2,1-2H3/b12-11+. The maximum atomic E-state index is 12.3. The van der Waals surface area contributed by atoms with Crippen LogP contribution in [0, 0.1) is 0 Å². The lowest BCUT2D eigenvalue weighted by atomic mass is 9.93. The number of amides is 1. The van der Waals surface area contributed by atoms with Crippen molar-refractivity contribution in [3.63, 3.8) is 0 Å². The predicted octanol–water partition coefficient (Wildman–Crippen LogP) is 2.60. The van der Waals surface area contributed by atoms with Crippen LogP contribution < -0.4 is 4.74 Å². The van der Waals surface area contributed by atoms with E-state index in [1.165, 1.54) is 17.9 Å². The van der Waals surface area contributed by atoms with Gasteiger partial charge >= 0.3 is 5.97 Å². The number of ether oxygens (including phenoxy) is 1. The van der Waals surface area contributed by atoms with Crippen LogP contribution in [-0.4, -0.2) is 35.6 Å². The van der Waals surface area contributed by atoms with Crippen LogP contribution in [0.3, 0.4) is 0 Å². The number of hydrogen-bond acceptors (Lipinski definition) is 4. The summed E-state index contributed by atoms with van der Waals surface area (Å²) in [5.74, 6) is -0.119. The van der Waals surface area contributed by atoms with Crippen molar-refractivity contribution in [1.82, 2.24) is 4.90 Å². The highest BCUT2D eigenvalue weighted by Gasteiger charge is 2.27. The molecule has 1 unspecified atom stereocenters. The van der Waals surface area contributed by atoms with Gasteiger partial charge in [0.2, 0.25) is 5.91 Å². The molecule has 1 aliphatic carbocycles. The number of esters is 1. The van der Waals surface area contributed by atoms with Gasteiger partial charge in [0.1, 0.15) is 5.75 Å². The van der Waals surface area contributed by atoms with E-state index < -0.39 is 5.97 Å². The maximum absolute atomic E-state index is 12.3. The van der Waals surface area contributed by atoms with E-state index in [1.807, 2.05) is 0 Å². The van der Waals surface area contributed by atoms with Crippen molar-refractivity contribution in [3.05, 3.63) is 35.9 Å². The Labute approximate surface area is 135 Å². The van der Waals surface area contributed by atoms with Gasteiger partial charge in [0.25, 0.3) is 0 Å². The first-order valence-corrected chi connectivity index (χ1v) is 7.74. The third-order valence-corrected chi connectivity index (χ3v) is 3.92. The van der Waals surface area contributed by atoms with Crippen LogP contribution in [0.5, 0.6) is 5.75 Å². The molecule has 0 N–H and O–H groups in total. The molecule has 1 fully saturated rings. The van der Waals surface area contributed by atoms with Gasteiger partial charge in [-0.25, -0.2) is 0 Å². The van der Waals surface area contributed by atoms with Crippen LogP contribution in [0.15, 0.2) is 30.3 Å².